The highest BCUT2D eigenvalue weighted by Gasteiger charge is 2.41. The summed E-state index contributed by atoms with van der Waals surface area (Å²) in [5.41, 5.74) is 3.06. The maximum Gasteiger partial charge on any atom is 0.213 e. The molecule has 2 aromatic carbocycles. The molecule has 0 aliphatic carbocycles. The predicted octanol–water partition coefficient (Wildman–Crippen LogP) is 5.90. The molecule has 4 nitrogen and oxygen atoms in total. The lowest BCUT2D eigenvalue weighted by atomic mass is 9.97. The van der Waals surface area contributed by atoms with E-state index < -0.39 is 0 Å². The van der Waals surface area contributed by atoms with Gasteiger partial charge in [0, 0.05) is 27.5 Å². The van der Waals surface area contributed by atoms with E-state index in [1.807, 2.05) is 35.3 Å². The van der Waals surface area contributed by atoms with Gasteiger partial charge < -0.3 is 9.15 Å². The molecule has 3 aromatic rings. The van der Waals surface area contributed by atoms with Crippen molar-refractivity contribution in [2.45, 2.75) is 23.6 Å². The first-order valence-electron chi connectivity index (χ1n) is 8.72. The van der Waals surface area contributed by atoms with Crippen LogP contribution in [0.3, 0.4) is 0 Å². The molecule has 0 radical (unpaired) electrons. The summed E-state index contributed by atoms with van der Waals surface area (Å²) >= 11 is 7.98. The second-order valence-corrected chi connectivity index (χ2v) is 7.87. The molecule has 2 unspecified atom stereocenters. The van der Waals surface area contributed by atoms with E-state index in [1.54, 1.807) is 18.0 Å². The van der Waals surface area contributed by atoms with Gasteiger partial charge in [-0.1, -0.05) is 23.7 Å². The first kappa shape index (κ1) is 16.8. The van der Waals surface area contributed by atoms with Crippen molar-refractivity contribution in [3.63, 3.8) is 0 Å². The van der Waals surface area contributed by atoms with E-state index in [4.69, 9.17) is 25.9 Å². The smallest absolute Gasteiger partial charge is 0.213 e. The minimum absolute atomic E-state index is 0.0674. The van der Waals surface area contributed by atoms with E-state index in [1.165, 1.54) is 4.90 Å². The molecule has 3 heterocycles. The number of benzene rings is 2. The van der Waals surface area contributed by atoms with Crippen LogP contribution in [0.5, 0.6) is 5.75 Å². The third-order valence-electron chi connectivity index (χ3n) is 4.96. The van der Waals surface area contributed by atoms with Gasteiger partial charge in [-0.15, -0.1) is 11.8 Å². The van der Waals surface area contributed by atoms with Crippen LogP contribution in [0.15, 0.2) is 75.3 Å². The Morgan fingerprint density at radius 3 is 2.74 bits per heavy atom. The number of hydrogen-bond acceptors (Lipinski definition) is 5. The molecule has 2 atom stereocenters. The summed E-state index contributed by atoms with van der Waals surface area (Å²) in [6.07, 6.45) is 4.22. The van der Waals surface area contributed by atoms with Gasteiger partial charge in [-0.05, 0) is 48.7 Å². The molecule has 0 saturated heterocycles. The molecule has 27 heavy (non-hydrogen) atoms. The molecular weight excluding hydrogens is 380 g/mol. The normalized spacial score (nSPS) is 20.7. The van der Waals surface area contributed by atoms with Crippen molar-refractivity contribution in [1.29, 1.82) is 0 Å². The Labute approximate surface area is 166 Å². The maximum absolute atomic E-state index is 6.35. The maximum atomic E-state index is 6.35. The van der Waals surface area contributed by atoms with E-state index in [0.29, 0.717) is 5.02 Å². The summed E-state index contributed by atoms with van der Waals surface area (Å²) in [6, 6.07) is 18.1. The minimum Gasteiger partial charge on any atom is -0.464 e. The number of nitrogens with zero attached hydrogens (tertiary/aromatic N) is 2. The molecule has 1 aromatic heterocycles. The second-order valence-electron chi connectivity index (χ2n) is 6.55. The molecule has 2 aliphatic heterocycles. The van der Waals surface area contributed by atoms with Gasteiger partial charge in [0.2, 0.25) is 6.23 Å². The number of hydrogen-bond donors (Lipinski definition) is 0. The quantitative estimate of drug-likeness (QED) is 0.517. The summed E-state index contributed by atoms with van der Waals surface area (Å²) in [7, 11) is 0. The average molecular weight is 397 g/mol. The zero-order valence-corrected chi connectivity index (χ0v) is 16.2. The van der Waals surface area contributed by atoms with Gasteiger partial charge in [-0.2, -0.15) is 5.10 Å². The van der Waals surface area contributed by atoms with E-state index in [9.17, 15) is 0 Å². The fourth-order valence-electron chi connectivity index (χ4n) is 3.64. The van der Waals surface area contributed by atoms with Crippen LogP contribution in [-0.2, 0) is 0 Å². The number of thioether (sulfide) groups is 1. The van der Waals surface area contributed by atoms with Crippen LogP contribution in [0, 0.1) is 0 Å². The number of ether oxygens (including phenoxy) is 1. The molecule has 6 heteroatoms. The summed E-state index contributed by atoms with van der Waals surface area (Å²) in [5.74, 6) is 1.65. The van der Waals surface area contributed by atoms with Gasteiger partial charge >= 0.3 is 0 Å². The van der Waals surface area contributed by atoms with Gasteiger partial charge in [0.1, 0.15) is 17.2 Å². The van der Waals surface area contributed by atoms with Crippen molar-refractivity contribution < 1.29 is 9.15 Å². The Balaban J connectivity index is 1.59. The Morgan fingerprint density at radius 2 is 2.00 bits per heavy atom. The van der Waals surface area contributed by atoms with Gasteiger partial charge in [0.15, 0.2) is 0 Å². The molecule has 0 saturated carbocycles. The largest absolute Gasteiger partial charge is 0.464 e. The topological polar surface area (TPSA) is 38.0 Å². The first-order chi connectivity index (χ1) is 13.2. The highest BCUT2D eigenvalue weighted by atomic mass is 35.5. The van der Waals surface area contributed by atoms with Crippen LogP contribution >= 0.6 is 23.4 Å². The highest BCUT2D eigenvalue weighted by Crippen LogP contribution is 2.48. The Bertz CT molecular complexity index is 1000. The zero-order valence-electron chi connectivity index (χ0n) is 14.6. The Hall–Kier alpha value is -2.37. The van der Waals surface area contributed by atoms with Crippen LogP contribution in [0.4, 0.5) is 0 Å². The lowest BCUT2D eigenvalue weighted by molar-refractivity contribution is -0.0190. The molecule has 0 amide bonds. The molecule has 5 rings (SSSR count). The predicted molar refractivity (Wildman–Crippen MR) is 107 cm³/mol. The molecule has 0 fully saturated rings. The summed E-state index contributed by atoms with van der Waals surface area (Å²) < 4.78 is 11.9. The Morgan fingerprint density at radius 1 is 1.15 bits per heavy atom. The van der Waals surface area contributed by atoms with Crippen molar-refractivity contribution in [2.24, 2.45) is 5.10 Å². The summed E-state index contributed by atoms with van der Waals surface area (Å²) in [6.45, 7) is 0. The lowest BCUT2D eigenvalue weighted by Crippen LogP contribution is -2.33. The van der Waals surface area contributed by atoms with Crippen molar-refractivity contribution in [3.05, 3.63) is 82.8 Å². The first-order valence-corrected chi connectivity index (χ1v) is 10.3. The number of rotatable bonds is 3. The van der Waals surface area contributed by atoms with Crippen molar-refractivity contribution >= 4 is 29.1 Å². The van der Waals surface area contributed by atoms with Crippen LogP contribution in [0.2, 0.25) is 5.02 Å². The average Bonchev–Trinajstić information content (AvgIpc) is 3.37. The number of furan rings is 1. The molecule has 0 bridgehead atoms. The number of hydrazone groups is 1. The van der Waals surface area contributed by atoms with E-state index in [2.05, 4.69) is 30.5 Å². The number of halogens is 1. The van der Waals surface area contributed by atoms with Crippen molar-refractivity contribution in [2.75, 3.05) is 6.26 Å². The fourth-order valence-corrected chi connectivity index (χ4v) is 4.23. The third kappa shape index (κ3) is 2.91. The van der Waals surface area contributed by atoms with Gasteiger partial charge in [-0.25, -0.2) is 5.01 Å². The Kier molecular flexibility index (Phi) is 4.14. The molecule has 136 valence electrons. The highest BCUT2D eigenvalue weighted by molar-refractivity contribution is 7.98. The third-order valence-corrected chi connectivity index (χ3v) is 5.94. The monoisotopic (exact) mass is 396 g/mol. The second kappa shape index (κ2) is 6.66. The van der Waals surface area contributed by atoms with E-state index in [0.717, 1.165) is 34.8 Å². The van der Waals surface area contributed by atoms with Crippen LogP contribution < -0.4 is 4.74 Å². The molecule has 0 N–H and O–H groups in total. The van der Waals surface area contributed by atoms with Crippen LogP contribution in [0.25, 0.3) is 0 Å². The standard InChI is InChI=1S/C21H17ClN2O2S/c1-27-15-7-4-13(5-8-15)21-24-18(12-17(23-24)20-3-2-10-25-20)16-11-14(22)6-9-19(16)26-21/h2-11,18,21H,12H2,1H3. The van der Waals surface area contributed by atoms with Crippen LogP contribution in [-0.4, -0.2) is 17.0 Å². The number of fused-ring (bicyclic) bond motifs is 3. The van der Waals surface area contributed by atoms with Gasteiger partial charge in [-0.3, -0.25) is 0 Å². The molecular formula is C21H17ClN2O2S. The van der Waals surface area contributed by atoms with Gasteiger partial charge in [0.25, 0.3) is 0 Å². The van der Waals surface area contributed by atoms with Gasteiger partial charge in [0.05, 0.1) is 12.3 Å². The summed E-state index contributed by atoms with van der Waals surface area (Å²) in [4.78, 5) is 1.22. The van der Waals surface area contributed by atoms with E-state index in [-0.39, 0.29) is 12.3 Å². The van der Waals surface area contributed by atoms with Crippen molar-refractivity contribution in [1.82, 2.24) is 5.01 Å². The summed E-state index contributed by atoms with van der Waals surface area (Å²) in [5, 5.41) is 7.60. The molecule has 0 spiro atoms. The lowest BCUT2D eigenvalue weighted by Gasteiger charge is -2.38. The fraction of sp³-hybridized carbons (Fsp3) is 0.190. The van der Waals surface area contributed by atoms with Crippen LogP contribution in [0.1, 0.15) is 35.6 Å². The zero-order chi connectivity index (χ0) is 18.4. The van der Waals surface area contributed by atoms with Crippen molar-refractivity contribution in [3.8, 4) is 5.75 Å². The minimum atomic E-state index is -0.285. The molecule has 2 aliphatic rings. The van der Waals surface area contributed by atoms with E-state index >= 15 is 0 Å². The SMILES string of the molecule is CSc1ccc(C2Oc3ccc(Cl)cc3C3CC(c4ccco4)=NN32)cc1.